The molecule has 1 N–H and O–H groups in total. The molecule has 4 aromatic carbocycles. The summed E-state index contributed by atoms with van der Waals surface area (Å²) in [4.78, 5) is 0. The molecule has 1 nitrogen and oxygen atoms in total. The van der Waals surface area contributed by atoms with Crippen molar-refractivity contribution >= 4 is 35.2 Å². The lowest BCUT2D eigenvalue weighted by molar-refractivity contribution is -0.137. The van der Waals surface area contributed by atoms with E-state index in [4.69, 9.17) is 0 Å². The fourth-order valence-electron chi connectivity index (χ4n) is 3.37. The van der Waals surface area contributed by atoms with Crippen LogP contribution in [0.2, 0.25) is 0 Å². The van der Waals surface area contributed by atoms with Crippen molar-refractivity contribution in [3.63, 3.8) is 0 Å². The van der Waals surface area contributed by atoms with Crippen LogP contribution in [0.5, 0.6) is 0 Å². The minimum Gasteiger partial charge on any atom is -0.354 e. The molecule has 0 atom stereocenters. The molecule has 0 saturated heterocycles. The Morgan fingerprint density at radius 2 is 1.13 bits per heavy atom. The van der Waals surface area contributed by atoms with E-state index in [9.17, 15) is 17.6 Å². The van der Waals surface area contributed by atoms with Crippen molar-refractivity contribution in [3.05, 3.63) is 115 Å². The number of benzene rings is 4. The molecular formula is C25H18F4NP. The Balaban J connectivity index is 1.99. The summed E-state index contributed by atoms with van der Waals surface area (Å²) in [5.74, 6) is -0.916. The van der Waals surface area contributed by atoms with Crippen LogP contribution in [0.1, 0.15) is 5.56 Å². The molecule has 0 heterocycles. The van der Waals surface area contributed by atoms with Crippen molar-refractivity contribution in [2.75, 3.05) is 5.32 Å². The summed E-state index contributed by atoms with van der Waals surface area (Å²) in [6, 6.07) is 28.9. The third-order valence-electron chi connectivity index (χ3n) is 4.70. The van der Waals surface area contributed by atoms with Gasteiger partial charge in [0.05, 0.1) is 11.3 Å². The Bertz CT molecular complexity index is 1110. The van der Waals surface area contributed by atoms with E-state index in [0.29, 0.717) is 11.8 Å². The molecule has 156 valence electrons. The molecule has 4 rings (SSSR count). The van der Waals surface area contributed by atoms with E-state index in [2.05, 4.69) is 5.32 Å². The maximum absolute atomic E-state index is 14.6. The molecule has 0 aliphatic heterocycles. The largest absolute Gasteiger partial charge is 0.418 e. The van der Waals surface area contributed by atoms with E-state index in [1.54, 1.807) is 30.3 Å². The highest BCUT2D eigenvalue weighted by molar-refractivity contribution is 7.80. The van der Waals surface area contributed by atoms with E-state index in [1.807, 2.05) is 60.7 Å². The first-order valence-electron chi connectivity index (χ1n) is 9.56. The van der Waals surface area contributed by atoms with Gasteiger partial charge in [-0.05, 0) is 42.8 Å². The van der Waals surface area contributed by atoms with Gasteiger partial charge < -0.3 is 5.32 Å². The quantitative estimate of drug-likeness (QED) is 0.282. The van der Waals surface area contributed by atoms with E-state index in [1.165, 1.54) is 6.07 Å². The van der Waals surface area contributed by atoms with E-state index < -0.39 is 25.5 Å². The van der Waals surface area contributed by atoms with Crippen LogP contribution >= 0.6 is 7.92 Å². The monoisotopic (exact) mass is 439 g/mol. The van der Waals surface area contributed by atoms with Gasteiger partial charge in [-0.15, -0.1) is 0 Å². The smallest absolute Gasteiger partial charge is 0.354 e. The summed E-state index contributed by atoms with van der Waals surface area (Å²) in [6.45, 7) is 0. The van der Waals surface area contributed by atoms with Crippen LogP contribution in [0.15, 0.2) is 103 Å². The molecule has 6 heteroatoms. The zero-order valence-corrected chi connectivity index (χ0v) is 17.2. The minimum atomic E-state index is -4.72. The predicted octanol–water partition coefficient (Wildman–Crippen LogP) is 6.35. The highest BCUT2D eigenvalue weighted by atomic mass is 31.1. The number of nitrogens with one attached hydrogen (secondary N) is 1. The second-order valence-electron chi connectivity index (χ2n) is 6.84. The fraction of sp³-hybridized carbons (Fsp3) is 0.0400. The molecule has 31 heavy (non-hydrogen) atoms. The summed E-state index contributed by atoms with van der Waals surface area (Å²) >= 11 is 0. The second-order valence-corrected chi connectivity index (χ2v) is 9.03. The second kappa shape index (κ2) is 8.91. The van der Waals surface area contributed by atoms with Gasteiger partial charge in [-0.25, -0.2) is 4.39 Å². The molecule has 0 amide bonds. The SMILES string of the molecule is Fc1cc(P(c2ccccc2)c2ccccc2)c(Nc2ccccc2)c(C(F)(F)F)c1. The van der Waals surface area contributed by atoms with Gasteiger partial charge in [0.15, 0.2) is 0 Å². The van der Waals surface area contributed by atoms with Crippen LogP contribution in [0.25, 0.3) is 0 Å². The molecule has 4 aromatic rings. The molecule has 0 aliphatic rings. The maximum atomic E-state index is 14.6. The molecule has 0 aromatic heterocycles. The number of hydrogen-bond donors (Lipinski definition) is 1. The molecule has 0 unspecified atom stereocenters. The lowest BCUT2D eigenvalue weighted by Crippen LogP contribution is -2.25. The van der Waals surface area contributed by atoms with Crippen LogP contribution in [0.3, 0.4) is 0 Å². The molecule has 0 bridgehead atoms. The summed E-state index contributed by atoms with van der Waals surface area (Å²) in [6.07, 6.45) is -4.72. The highest BCUT2D eigenvalue weighted by Gasteiger charge is 2.37. The Morgan fingerprint density at radius 1 is 0.645 bits per heavy atom. The van der Waals surface area contributed by atoms with E-state index in [-0.39, 0.29) is 11.0 Å². The molecule has 0 saturated carbocycles. The van der Waals surface area contributed by atoms with Gasteiger partial charge in [0.25, 0.3) is 0 Å². The Kier molecular flexibility index (Phi) is 6.06. The molecule has 0 spiro atoms. The van der Waals surface area contributed by atoms with Gasteiger partial charge in [-0.3, -0.25) is 0 Å². The minimum absolute atomic E-state index is 0.126. The van der Waals surface area contributed by atoms with Crippen molar-refractivity contribution in [1.82, 2.24) is 0 Å². The van der Waals surface area contributed by atoms with Gasteiger partial charge >= 0.3 is 6.18 Å². The Labute approximate surface area is 179 Å². The summed E-state index contributed by atoms with van der Waals surface area (Å²) in [7, 11) is -1.45. The number of anilines is 2. The lowest BCUT2D eigenvalue weighted by Gasteiger charge is -2.25. The van der Waals surface area contributed by atoms with Crippen molar-refractivity contribution in [2.45, 2.75) is 6.18 Å². The van der Waals surface area contributed by atoms with Gasteiger partial charge in [-0.2, -0.15) is 13.2 Å². The third kappa shape index (κ3) is 4.78. The van der Waals surface area contributed by atoms with E-state index >= 15 is 0 Å². The van der Waals surface area contributed by atoms with Crippen molar-refractivity contribution in [2.24, 2.45) is 0 Å². The van der Waals surface area contributed by atoms with Crippen LogP contribution in [0, 0.1) is 5.82 Å². The normalized spacial score (nSPS) is 11.5. The zero-order chi connectivity index (χ0) is 21.8. The number of halogens is 4. The van der Waals surface area contributed by atoms with Gasteiger partial charge in [0, 0.05) is 11.0 Å². The number of hydrogen-bond acceptors (Lipinski definition) is 1. The lowest BCUT2D eigenvalue weighted by atomic mass is 10.1. The van der Waals surface area contributed by atoms with Gasteiger partial charge in [-0.1, -0.05) is 78.9 Å². The Hall–Kier alpha value is -3.17. The first kappa shape index (κ1) is 21.1. The van der Waals surface area contributed by atoms with Crippen LogP contribution < -0.4 is 21.2 Å². The number of para-hydroxylation sites is 1. The topological polar surface area (TPSA) is 12.0 Å². The van der Waals surface area contributed by atoms with Crippen molar-refractivity contribution in [1.29, 1.82) is 0 Å². The van der Waals surface area contributed by atoms with Gasteiger partial charge in [0.2, 0.25) is 0 Å². The van der Waals surface area contributed by atoms with Crippen molar-refractivity contribution < 1.29 is 17.6 Å². The summed E-state index contributed by atoms with van der Waals surface area (Å²) in [5.41, 5.74) is -0.651. The molecular weight excluding hydrogens is 421 g/mol. The Morgan fingerprint density at radius 3 is 1.61 bits per heavy atom. The third-order valence-corrected chi connectivity index (χ3v) is 7.16. The average Bonchev–Trinajstić information content (AvgIpc) is 2.77. The molecule has 0 radical (unpaired) electrons. The predicted molar refractivity (Wildman–Crippen MR) is 120 cm³/mol. The highest BCUT2D eigenvalue weighted by Crippen LogP contribution is 2.42. The average molecular weight is 439 g/mol. The van der Waals surface area contributed by atoms with E-state index in [0.717, 1.165) is 10.6 Å². The van der Waals surface area contributed by atoms with Crippen LogP contribution in [-0.4, -0.2) is 0 Å². The first-order chi connectivity index (χ1) is 14.9. The number of rotatable bonds is 5. The number of alkyl halides is 3. The van der Waals surface area contributed by atoms with Gasteiger partial charge in [0.1, 0.15) is 5.82 Å². The van der Waals surface area contributed by atoms with Crippen LogP contribution in [0.4, 0.5) is 28.9 Å². The standard InChI is InChI=1S/C25H18F4NP/c26-18-16-22(25(27,28)29)24(30-19-10-4-1-5-11-19)23(17-18)31(20-12-6-2-7-13-20)21-14-8-3-9-15-21/h1-17,30H. The van der Waals surface area contributed by atoms with Crippen LogP contribution in [-0.2, 0) is 6.18 Å². The first-order valence-corrected chi connectivity index (χ1v) is 10.9. The summed E-state index contributed by atoms with van der Waals surface area (Å²) in [5, 5.41) is 4.87. The summed E-state index contributed by atoms with van der Waals surface area (Å²) < 4.78 is 56.5. The molecule has 0 fully saturated rings. The maximum Gasteiger partial charge on any atom is 0.418 e. The van der Waals surface area contributed by atoms with Crippen molar-refractivity contribution in [3.8, 4) is 0 Å². The zero-order valence-electron chi connectivity index (χ0n) is 16.3. The fourth-order valence-corrected chi connectivity index (χ4v) is 5.82. The molecule has 0 aliphatic carbocycles.